The normalized spacial score (nSPS) is 24.3. The minimum atomic E-state index is 0.386. The van der Waals surface area contributed by atoms with Gasteiger partial charge in [0.25, 0.3) is 0 Å². The van der Waals surface area contributed by atoms with Gasteiger partial charge in [0.2, 0.25) is 5.95 Å². The minimum absolute atomic E-state index is 0.386. The standard InChI is InChI=1S/C14H23N5/c1-2-11-9-16-14(15)17-13(11)19-8-5-12(10-19)18-6-3-4-7-18/h9,12H,2-8,10H2,1H3,(H2,15,16,17). The van der Waals surface area contributed by atoms with Crippen LogP contribution in [-0.2, 0) is 6.42 Å². The van der Waals surface area contributed by atoms with Crippen LogP contribution in [0.3, 0.4) is 0 Å². The lowest BCUT2D eigenvalue weighted by Gasteiger charge is -2.24. The Morgan fingerprint density at radius 1 is 1.32 bits per heavy atom. The zero-order valence-electron chi connectivity index (χ0n) is 11.7. The van der Waals surface area contributed by atoms with Crippen LogP contribution in [0.15, 0.2) is 6.20 Å². The zero-order valence-corrected chi connectivity index (χ0v) is 11.7. The first-order chi connectivity index (χ1) is 9.28. The fraction of sp³-hybridized carbons (Fsp3) is 0.714. The van der Waals surface area contributed by atoms with Crippen LogP contribution in [0, 0.1) is 0 Å². The number of nitrogen functional groups attached to an aromatic ring is 1. The molecule has 2 aliphatic rings. The Hall–Kier alpha value is -1.36. The van der Waals surface area contributed by atoms with Crippen molar-refractivity contribution in [3.8, 4) is 0 Å². The number of aromatic nitrogens is 2. The summed E-state index contributed by atoms with van der Waals surface area (Å²) < 4.78 is 0. The van der Waals surface area contributed by atoms with Crippen molar-refractivity contribution in [3.05, 3.63) is 11.8 Å². The van der Waals surface area contributed by atoms with Gasteiger partial charge < -0.3 is 10.6 Å². The molecule has 0 radical (unpaired) electrons. The maximum absolute atomic E-state index is 5.75. The van der Waals surface area contributed by atoms with Crippen LogP contribution in [0.1, 0.15) is 31.7 Å². The zero-order chi connectivity index (χ0) is 13.2. The van der Waals surface area contributed by atoms with Gasteiger partial charge in [0, 0.05) is 30.9 Å². The Labute approximate surface area is 114 Å². The van der Waals surface area contributed by atoms with E-state index in [0.29, 0.717) is 12.0 Å². The van der Waals surface area contributed by atoms with Crippen LogP contribution in [0.25, 0.3) is 0 Å². The summed E-state index contributed by atoms with van der Waals surface area (Å²) in [4.78, 5) is 13.6. The lowest BCUT2D eigenvalue weighted by molar-refractivity contribution is 0.260. The van der Waals surface area contributed by atoms with Crippen molar-refractivity contribution >= 4 is 11.8 Å². The van der Waals surface area contributed by atoms with Gasteiger partial charge in [0.1, 0.15) is 5.82 Å². The highest BCUT2D eigenvalue weighted by atomic mass is 15.3. The Bertz CT molecular complexity index is 441. The number of nitrogens with zero attached hydrogens (tertiary/aromatic N) is 4. The molecule has 3 heterocycles. The second kappa shape index (κ2) is 5.33. The summed E-state index contributed by atoms with van der Waals surface area (Å²) in [6.45, 7) is 6.86. The van der Waals surface area contributed by atoms with Gasteiger partial charge in [-0.2, -0.15) is 4.98 Å². The number of aryl methyl sites for hydroxylation is 1. The molecule has 1 aromatic rings. The van der Waals surface area contributed by atoms with E-state index < -0.39 is 0 Å². The van der Waals surface area contributed by atoms with E-state index in [4.69, 9.17) is 5.73 Å². The fourth-order valence-corrected chi connectivity index (χ4v) is 3.27. The first-order valence-corrected chi connectivity index (χ1v) is 7.38. The van der Waals surface area contributed by atoms with Crippen LogP contribution in [0.2, 0.25) is 0 Å². The number of hydrogen-bond acceptors (Lipinski definition) is 5. The first-order valence-electron chi connectivity index (χ1n) is 7.38. The molecule has 3 rings (SSSR count). The highest BCUT2D eigenvalue weighted by Crippen LogP contribution is 2.26. The van der Waals surface area contributed by atoms with Gasteiger partial charge in [0.15, 0.2) is 0 Å². The van der Waals surface area contributed by atoms with Crippen molar-refractivity contribution in [2.45, 2.75) is 38.6 Å². The Morgan fingerprint density at radius 3 is 2.84 bits per heavy atom. The smallest absolute Gasteiger partial charge is 0.221 e. The van der Waals surface area contributed by atoms with E-state index in [1.54, 1.807) is 0 Å². The molecular formula is C14H23N5. The maximum Gasteiger partial charge on any atom is 0.221 e. The third-order valence-electron chi connectivity index (χ3n) is 4.36. The van der Waals surface area contributed by atoms with Crippen LogP contribution in [0.5, 0.6) is 0 Å². The van der Waals surface area contributed by atoms with Crippen molar-refractivity contribution in [1.29, 1.82) is 0 Å². The molecule has 0 bridgehead atoms. The Balaban J connectivity index is 1.75. The van der Waals surface area contributed by atoms with Gasteiger partial charge in [-0.1, -0.05) is 6.92 Å². The molecule has 2 N–H and O–H groups in total. The average Bonchev–Trinajstić information content (AvgIpc) is 3.09. The van der Waals surface area contributed by atoms with Gasteiger partial charge in [-0.3, -0.25) is 4.90 Å². The summed E-state index contributed by atoms with van der Waals surface area (Å²) in [5.41, 5.74) is 6.95. The van der Waals surface area contributed by atoms with E-state index in [1.807, 2.05) is 6.20 Å². The molecule has 0 amide bonds. The molecule has 2 aliphatic heterocycles. The van der Waals surface area contributed by atoms with Gasteiger partial charge >= 0.3 is 0 Å². The molecule has 2 saturated heterocycles. The Morgan fingerprint density at radius 2 is 2.11 bits per heavy atom. The summed E-state index contributed by atoms with van der Waals surface area (Å²) in [6, 6.07) is 0.698. The lowest BCUT2D eigenvalue weighted by atomic mass is 10.2. The molecular weight excluding hydrogens is 238 g/mol. The van der Waals surface area contributed by atoms with Crippen molar-refractivity contribution in [2.75, 3.05) is 36.8 Å². The average molecular weight is 261 g/mol. The predicted molar refractivity (Wildman–Crippen MR) is 77.2 cm³/mol. The molecule has 0 aliphatic carbocycles. The van der Waals surface area contributed by atoms with E-state index in [-0.39, 0.29) is 0 Å². The summed E-state index contributed by atoms with van der Waals surface area (Å²) in [6.07, 6.45) is 6.79. The maximum atomic E-state index is 5.75. The third-order valence-corrected chi connectivity index (χ3v) is 4.36. The van der Waals surface area contributed by atoms with Crippen LogP contribution >= 0.6 is 0 Å². The van der Waals surface area contributed by atoms with Crippen molar-refractivity contribution in [3.63, 3.8) is 0 Å². The third kappa shape index (κ3) is 2.52. The number of likely N-dealkylation sites (tertiary alicyclic amines) is 1. The van der Waals surface area contributed by atoms with Crippen molar-refractivity contribution < 1.29 is 0 Å². The topological polar surface area (TPSA) is 58.3 Å². The van der Waals surface area contributed by atoms with Gasteiger partial charge in [-0.15, -0.1) is 0 Å². The summed E-state index contributed by atoms with van der Waals surface area (Å²) >= 11 is 0. The molecule has 0 spiro atoms. The number of hydrogen-bond donors (Lipinski definition) is 1. The summed E-state index contributed by atoms with van der Waals surface area (Å²) in [7, 11) is 0. The number of rotatable bonds is 3. The second-order valence-electron chi connectivity index (χ2n) is 5.56. The van der Waals surface area contributed by atoms with Crippen LogP contribution in [0.4, 0.5) is 11.8 Å². The summed E-state index contributed by atoms with van der Waals surface area (Å²) in [5, 5.41) is 0. The van der Waals surface area contributed by atoms with Crippen LogP contribution < -0.4 is 10.6 Å². The molecule has 1 atom stereocenters. The molecule has 5 nitrogen and oxygen atoms in total. The SMILES string of the molecule is CCc1cnc(N)nc1N1CCC(N2CCCC2)C1. The quantitative estimate of drug-likeness (QED) is 0.888. The van der Waals surface area contributed by atoms with E-state index >= 15 is 0 Å². The molecule has 5 heteroatoms. The fourth-order valence-electron chi connectivity index (χ4n) is 3.27. The molecule has 2 fully saturated rings. The van der Waals surface area contributed by atoms with E-state index in [1.165, 1.54) is 37.9 Å². The largest absolute Gasteiger partial charge is 0.368 e. The highest BCUT2D eigenvalue weighted by molar-refractivity contribution is 5.49. The monoisotopic (exact) mass is 261 g/mol. The second-order valence-corrected chi connectivity index (χ2v) is 5.56. The number of anilines is 2. The van der Waals surface area contributed by atoms with Crippen LogP contribution in [-0.4, -0.2) is 47.1 Å². The molecule has 104 valence electrons. The van der Waals surface area contributed by atoms with Crippen molar-refractivity contribution in [2.24, 2.45) is 0 Å². The first kappa shape index (κ1) is 12.7. The molecule has 0 aromatic carbocycles. The Kier molecular flexibility index (Phi) is 3.55. The van der Waals surface area contributed by atoms with E-state index in [0.717, 1.165) is 25.3 Å². The molecule has 1 unspecified atom stereocenters. The lowest BCUT2D eigenvalue weighted by Crippen LogP contribution is -2.35. The molecule has 1 aromatic heterocycles. The van der Waals surface area contributed by atoms with E-state index in [2.05, 4.69) is 26.7 Å². The summed E-state index contributed by atoms with van der Waals surface area (Å²) in [5.74, 6) is 1.44. The predicted octanol–water partition coefficient (Wildman–Crippen LogP) is 1.30. The van der Waals surface area contributed by atoms with Gasteiger partial charge in [0.05, 0.1) is 0 Å². The minimum Gasteiger partial charge on any atom is -0.368 e. The molecule has 0 saturated carbocycles. The van der Waals surface area contributed by atoms with E-state index in [9.17, 15) is 0 Å². The number of nitrogens with two attached hydrogens (primary N) is 1. The van der Waals surface area contributed by atoms with Gasteiger partial charge in [-0.05, 0) is 38.8 Å². The highest BCUT2D eigenvalue weighted by Gasteiger charge is 2.30. The molecule has 19 heavy (non-hydrogen) atoms. The van der Waals surface area contributed by atoms with Gasteiger partial charge in [-0.25, -0.2) is 4.98 Å². The van der Waals surface area contributed by atoms with Crippen molar-refractivity contribution in [1.82, 2.24) is 14.9 Å².